The van der Waals surface area contributed by atoms with Gasteiger partial charge in [-0.05, 0) is 42.9 Å². The number of fused-ring (bicyclic) bond motifs is 1. The van der Waals surface area contributed by atoms with E-state index in [1.807, 2.05) is 12.4 Å². The van der Waals surface area contributed by atoms with E-state index >= 15 is 0 Å². The standard InChI is InChI=1S/C14H19N3/c15-7-1-2-8-16-10-12-4-3-5-13-11-17-9-6-14(12)13/h3-6,9,11,16H,1-2,7-8,10,15H2. The molecule has 0 fully saturated rings. The summed E-state index contributed by atoms with van der Waals surface area (Å²) in [5.41, 5.74) is 6.79. The number of nitrogens with one attached hydrogen (secondary N) is 1. The first-order valence-electron chi connectivity index (χ1n) is 6.14. The highest BCUT2D eigenvalue weighted by atomic mass is 14.8. The van der Waals surface area contributed by atoms with E-state index in [0.29, 0.717) is 0 Å². The zero-order valence-electron chi connectivity index (χ0n) is 10.0. The van der Waals surface area contributed by atoms with Gasteiger partial charge in [0.25, 0.3) is 0 Å². The van der Waals surface area contributed by atoms with Gasteiger partial charge in [0.1, 0.15) is 0 Å². The summed E-state index contributed by atoms with van der Waals surface area (Å²) in [7, 11) is 0. The molecule has 0 atom stereocenters. The second kappa shape index (κ2) is 6.33. The molecular formula is C14H19N3. The summed E-state index contributed by atoms with van der Waals surface area (Å²) in [5.74, 6) is 0. The molecule has 3 N–H and O–H groups in total. The van der Waals surface area contributed by atoms with Gasteiger partial charge in [0.05, 0.1) is 0 Å². The molecule has 0 aliphatic heterocycles. The van der Waals surface area contributed by atoms with Crippen molar-refractivity contribution < 1.29 is 0 Å². The third kappa shape index (κ3) is 3.25. The Balaban J connectivity index is 1.98. The van der Waals surface area contributed by atoms with Crippen molar-refractivity contribution in [1.29, 1.82) is 0 Å². The lowest BCUT2D eigenvalue weighted by molar-refractivity contribution is 0.629. The van der Waals surface area contributed by atoms with Gasteiger partial charge in [0, 0.05) is 24.3 Å². The Morgan fingerprint density at radius 2 is 2.12 bits per heavy atom. The van der Waals surface area contributed by atoms with Gasteiger partial charge in [-0.25, -0.2) is 0 Å². The number of unbranched alkanes of at least 4 members (excludes halogenated alkanes) is 1. The normalized spacial score (nSPS) is 10.9. The largest absolute Gasteiger partial charge is 0.330 e. The van der Waals surface area contributed by atoms with Crippen molar-refractivity contribution in [2.45, 2.75) is 19.4 Å². The maximum Gasteiger partial charge on any atom is 0.0346 e. The Kier molecular flexibility index (Phi) is 4.47. The van der Waals surface area contributed by atoms with Gasteiger partial charge >= 0.3 is 0 Å². The van der Waals surface area contributed by atoms with Gasteiger partial charge in [-0.1, -0.05) is 18.2 Å². The molecule has 2 rings (SSSR count). The van der Waals surface area contributed by atoms with E-state index in [1.54, 1.807) is 0 Å². The molecule has 17 heavy (non-hydrogen) atoms. The molecule has 0 saturated carbocycles. The van der Waals surface area contributed by atoms with Crippen molar-refractivity contribution in [3.05, 3.63) is 42.2 Å². The van der Waals surface area contributed by atoms with Crippen LogP contribution in [0.3, 0.4) is 0 Å². The summed E-state index contributed by atoms with van der Waals surface area (Å²) in [6, 6.07) is 8.42. The van der Waals surface area contributed by atoms with Gasteiger partial charge in [-0.3, -0.25) is 4.98 Å². The molecule has 0 radical (unpaired) electrons. The first-order chi connectivity index (χ1) is 8.42. The van der Waals surface area contributed by atoms with Crippen LogP contribution in [0.15, 0.2) is 36.7 Å². The highest BCUT2D eigenvalue weighted by molar-refractivity contribution is 5.84. The molecule has 0 amide bonds. The summed E-state index contributed by atoms with van der Waals surface area (Å²) in [6.45, 7) is 2.71. The van der Waals surface area contributed by atoms with Crippen molar-refractivity contribution in [2.24, 2.45) is 5.73 Å². The Hall–Kier alpha value is -1.45. The second-order valence-corrected chi connectivity index (χ2v) is 4.19. The summed E-state index contributed by atoms with van der Waals surface area (Å²) in [5, 5.41) is 5.94. The zero-order valence-corrected chi connectivity index (χ0v) is 10.0. The lowest BCUT2D eigenvalue weighted by atomic mass is 10.1. The van der Waals surface area contributed by atoms with E-state index in [0.717, 1.165) is 32.5 Å². The molecule has 0 spiro atoms. The van der Waals surface area contributed by atoms with Crippen LogP contribution in [-0.4, -0.2) is 18.1 Å². The summed E-state index contributed by atoms with van der Waals surface area (Å²) in [4.78, 5) is 4.14. The average molecular weight is 229 g/mol. The Bertz CT molecular complexity index is 462. The average Bonchev–Trinajstić information content (AvgIpc) is 2.39. The number of benzene rings is 1. The van der Waals surface area contributed by atoms with Crippen molar-refractivity contribution >= 4 is 10.8 Å². The molecule has 1 heterocycles. The second-order valence-electron chi connectivity index (χ2n) is 4.19. The first-order valence-corrected chi connectivity index (χ1v) is 6.14. The predicted octanol–water partition coefficient (Wildman–Crippen LogP) is 2.06. The van der Waals surface area contributed by atoms with Crippen molar-refractivity contribution in [2.75, 3.05) is 13.1 Å². The Morgan fingerprint density at radius 1 is 1.18 bits per heavy atom. The molecule has 3 heteroatoms. The summed E-state index contributed by atoms with van der Waals surface area (Å²) >= 11 is 0. The lowest BCUT2D eigenvalue weighted by Gasteiger charge is -2.07. The Labute approximate surface area is 102 Å². The molecule has 2 aromatic rings. The number of rotatable bonds is 6. The number of pyridine rings is 1. The topological polar surface area (TPSA) is 50.9 Å². The van der Waals surface area contributed by atoms with Crippen LogP contribution in [0.25, 0.3) is 10.8 Å². The van der Waals surface area contributed by atoms with Crippen LogP contribution in [0, 0.1) is 0 Å². The molecule has 1 aromatic carbocycles. The molecular weight excluding hydrogens is 210 g/mol. The fraction of sp³-hybridized carbons (Fsp3) is 0.357. The fourth-order valence-electron chi connectivity index (χ4n) is 1.96. The molecule has 0 bridgehead atoms. The van der Waals surface area contributed by atoms with E-state index in [2.05, 4.69) is 34.6 Å². The summed E-state index contributed by atoms with van der Waals surface area (Å²) in [6.07, 6.45) is 5.99. The summed E-state index contributed by atoms with van der Waals surface area (Å²) < 4.78 is 0. The van der Waals surface area contributed by atoms with Gasteiger partial charge in [0.15, 0.2) is 0 Å². The van der Waals surface area contributed by atoms with Crippen LogP contribution in [0.1, 0.15) is 18.4 Å². The lowest BCUT2D eigenvalue weighted by Crippen LogP contribution is -2.16. The highest BCUT2D eigenvalue weighted by Crippen LogP contribution is 2.16. The fourth-order valence-corrected chi connectivity index (χ4v) is 1.96. The van der Waals surface area contributed by atoms with Crippen molar-refractivity contribution in [1.82, 2.24) is 10.3 Å². The molecule has 0 unspecified atom stereocenters. The molecule has 0 aliphatic carbocycles. The minimum Gasteiger partial charge on any atom is -0.330 e. The maximum absolute atomic E-state index is 5.46. The Morgan fingerprint density at radius 3 is 3.00 bits per heavy atom. The molecule has 3 nitrogen and oxygen atoms in total. The van der Waals surface area contributed by atoms with E-state index in [4.69, 9.17) is 5.73 Å². The third-order valence-corrected chi connectivity index (χ3v) is 2.89. The molecule has 90 valence electrons. The maximum atomic E-state index is 5.46. The van der Waals surface area contributed by atoms with E-state index in [1.165, 1.54) is 16.3 Å². The van der Waals surface area contributed by atoms with Crippen LogP contribution < -0.4 is 11.1 Å². The number of nitrogens with two attached hydrogens (primary N) is 1. The van der Waals surface area contributed by atoms with Crippen LogP contribution in [0.4, 0.5) is 0 Å². The molecule has 1 aromatic heterocycles. The first kappa shape index (κ1) is 12.0. The van der Waals surface area contributed by atoms with E-state index in [9.17, 15) is 0 Å². The number of aromatic nitrogens is 1. The zero-order chi connectivity index (χ0) is 11.9. The van der Waals surface area contributed by atoms with Crippen LogP contribution in [0.5, 0.6) is 0 Å². The van der Waals surface area contributed by atoms with Gasteiger partial charge in [0.2, 0.25) is 0 Å². The van der Waals surface area contributed by atoms with Gasteiger partial charge in [-0.15, -0.1) is 0 Å². The number of hydrogen-bond acceptors (Lipinski definition) is 3. The minimum atomic E-state index is 0.779. The number of nitrogens with zero attached hydrogens (tertiary/aromatic N) is 1. The van der Waals surface area contributed by atoms with Crippen LogP contribution in [0.2, 0.25) is 0 Å². The van der Waals surface area contributed by atoms with Gasteiger partial charge < -0.3 is 11.1 Å². The minimum absolute atomic E-state index is 0.779. The van der Waals surface area contributed by atoms with E-state index < -0.39 is 0 Å². The third-order valence-electron chi connectivity index (χ3n) is 2.89. The predicted molar refractivity (Wildman–Crippen MR) is 71.7 cm³/mol. The van der Waals surface area contributed by atoms with Crippen molar-refractivity contribution in [3.8, 4) is 0 Å². The SMILES string of the molecule is NCCCCNCc1cccc2cnccc12. The number of hydrogen-bond donors (Lipinski definition) is 2. The van der Waals surface area contributed by atoms with E-state index in [-0.39, 0.29) is 0 Å². The monoisotopic (exact) mass is 229 g/mol. The smallest absolute Gasteiger partial charge is 0.0346 e. The molecule has 0 aliphatic rings. The van der Waals surface area contributed by atoms with Crippen LogP contribution >= 0.6 is 0 Å². The van der Waals surface area contributed by atoms with Crippen LogP contribution in [-0.2, 0) is 6.54 Å². The molecule has 0 saturated heterocycles. The highest BCUT2D eigenvalue weighted by Gasteiger charge is 1.99. The quantitative estimate of drug-likeness (QED) is 0.745. The van der Waals surface area contributed by atoms with Crippen molar-refractivity contribution in [3.63, 3.8) is 0 Å². The van der Waals surface area contributed by atoms with Gasteiger partial charge in [-0.2, -0.15) is 0 Å².